The third kappa shape index (κ3) is 2.90. The average molecular weight is 216 g/mol. The fraction of sp³-hybridized carbons (Fsp3) is 0.333. The van der Waals surface area contributed by atoms with Gasteiger partial charge in [0.25, 0.3) is 0 Å². The quantitative estimate of drug-likeness (QED) is 0.826. The van der Waals surface area contributed by atoms with Gasteiger partial charge in [0.2, 0.25) is 0 Å². The molecule has 0 fully saturated rings. The first kappa shape index (κ1) is 10.8. The van der Waals surface area contributed by atoms with Gasteiger partial charge in [0.05, 0.1) is 6.54 Å². The van der Waals surface area contributed by atoms with Crippen LogP contribution < -0.4 is 5.32 Å². The molecule has 0 bridgehead atoms. The number of hydrogen-bond acceptors (Lipinski definition) is 3. The summed E-state index contributed by atoms with van der Waals surface area (Å²) in [6.45, 7) is 3.93. The molecule has 84 valence electrons. The summed E-state index contributed by atoms with van der Waals surface area (Å²) in [6, 6.07) is 6.30. The van der Waals surface area contributed by atoms with Crippen LogP contribution in [0.5, 0.6) is 0 Å². The number of hydrogen-bond donors (Lipinski definition) is 1. The second-order valence-corrected chi connectivity index (χ2v) is 3.73. The van der Waals surface area contributed by atoms with Crippen LogP contribution in [-0.2, 0) is 6.54 Å². The fourth-order valence-electron chi connectivity index (χ4n) is 1.58. The molecule has 1 atom stereocenters. The van der Waals surface area contributed by atoms with Crippen molar-refractivity contribution in [2.75, 3.05) is 6.54 Å². The van der Waals surface area contributed by atoms with E-state index in [0.717, 1.165) is 13.1 Å². The van der Waals surface area contributed by atoms with Gasteiger partial charge in [0.15, 0.2) is 0 Å². The summed E-state index contributed by atoms with van der Waals surface area (Å²) in [7, 11) is 0. The molecule has 4 heteroatoms. The first-order valence-corrected chi connectivity index (χ1v) is 5.47. The van der Waals surface area contributed by atoms with Crippen LogP contribution >= 0.6 is 0 Å². The number of pyridine rings is 1. The van der Waals surface area contributed by atoms with E-state index in [1.165, 1.54) is 5.56 Å². The van der Waals surface area contributed by atoms with Gasteiger partial charge in [-0.3, -0.25) is 9.67 Å². The summed E-state index contributed by atoms with van der Waals surface area (Å²) in [5.41, 5.74) is 1.21. The van der Waals surface area contributed by atoms with Crippen molar-refractivity contribution in [3.8, 4) is 0 Å². The molecule has 0 aliphatic carbocycles. The van der Waals surface area contributed by atoms with E-state index >= 15 is 0 Å². The molecular formula is C12H16N4. The minimum atomic E-state index is 0.323. The summed E-state index contributed by atoms with van der Waals surface area (Å²) in [5.74, 6) is 0. The Kier molecular flexibility index (Phi) is 3.66. The zero-order valence-corrected chi connectivity index (χ0v) is 9.37. The van der Waals surface area contributed by atoms with Crippen LogP contribution in [0.2, 0.25) is 0 Å². The average Bonchev–Trinajstić information content (AvgIpc) is 2.83. The summed E-state index contributed by atoms with van der Waals surface area (Å²) >= 11 is 0. The Labute approximate surface area is 95.3 Å². The lowest BCUT2D eigenvalue weighted by Crippen LogP contribution is -2.23. The smallest absolute Gasteiger partial charge is 0.0534 e. The Balaban J connectivity index is 1.78. The van der Waals surface area contributed by atoms with Crippen LogP contribution in [0.25, 0.3) is 0 Å². The van der Waals surface area contributed by atoms with Crippen LogP contribution in [0.4, 0.5) is 0 Å². The normalized spacial score (nSPS) is 12.6. The second-order valence-electron chi connectivity index (χ2n) is 3.73. The number of nitrogens with one attached hydrogen (secondary N) is 1. The highest BCUT2D eigenvalue weighted by atomic mass is 15.3. The molecule has 1 N–H and O–H groups in total. The Morgan fingerprint density at radius 3 is 3.00 bits per heavy atom. The molecule has 2 aromatic heterocycles. The molecule has 0 saturated heterocycles. The number of aromatic nitrogens is 3. The van der Waals surface area contributed by atoms with E-state index in [4.69, 9.17) is 0 Å². The van der Waals surface area contributed by atoms with Crippen LogP contribution in [-0.4, -0.2) is 21.3 Å². The van der Waals surface area contributed by atoms with Gasteiger partial charge >= 0.3 is 0 Å². The highest BCUT2D eigenvalue weighted by Gasteiger charge is 2.03. The molecule has 1 unspecified atom stereocenters. The molecule has 16 heavy (non-hydrogen) atoms. The van der Waals surface area contributed by atoms with E-state index in [0.29, 0.717) is 6.04 Å². The predicted octanol–water partition coefficient (Wildman–Crippen LogP) is 1.63. The lowest BCUT2D eigenvalue weighted by Gasteiger charge is -2.13. The third-order valence-corrected chi connectivity index (χ3v) is 2.54. The molecule has 2 aromatic rings. The van der Waals surface area contributed by atoms with E-state index in [9.17, 15) is 0 Å². The summed E-state index contributed by atoms with van der Waals surface area (Å²) in [4.78, 5) is 4.11. The summed E-state index contributed by atoms with van der Waals surface area (Å²) in [5, 5.41) is 7.59. The standard InChI is InChI=1S/C12H16N4/c1-11(12-4-2-5-13-10-12)14-7-9-16-8-3-6-15-16/h2-6,8,10-11,14H,7,9H2,1H3. The fourth-order valence-corrected chi connectivity index (χ4v) is 1.58. The number of rotatable bonds is 5. The van der Waals surface area contributed by atoms with Crippen LogP contribution in [0.1, 0.15) is 18.5 Å². The molecule has 0 radical (unpaired) electrons. The van der Waals surface area contributed by atoms with E-state index < -0.39 is 0 Å². The minimum absolute atomic E-state index is 0.323. The largest absolute Gasteiger partial charge is 0.308 e. The highest BCUT2D eigenvalue weighted by molar-refractivity contribution is 5.12. The molecular weight excluding hydrogens is 200 g/mol. The van der Waals surface area contributed by atoms with Crippen molar-refractivity contribution in [3.05, 3.63) is 48.5 Å². The maximum absolute atomic E-state index is 4.15. The molecule has 0 saturated carbocycles. The van der Waals surface area contributed by atoms with Crippen molar-refractivity contribution < 1.29 is 0 Å². The second kappa shape index (κ2) is 5.42. The number of nitrogens with zero attached hydrogens (tertiary/aromatic N) is 3. The molecule has 0 aliphatic heterocycles. The van der Waals surface area contributed by atoms with Crippen molar-refractivity contribution in [2.45, 2.75) is 19.5 Å². The molecule has 0 amide bonds. The molecule has 4 nitrogen and oxygen atoms in total. The minimum Gasteiger partial charge on any atom is -0.308 e. The van der Waals surface area contributed by atoms with Gasteiger partial charge in [-0.2, -0.15) is 5.10 Å². The molecule has 0 aromatic carbocycles. The van der Waals surface area contributed by atoms with E-state index in [1.54, 1.807) is 12.4 Å². The zero-order valence-electron chi connectivity index (χ0n) is 9.37. The SMILES string of the molecule is CC(NCCn1cccn1)c1cccnc1. The Morgan fingerprint density at radius 1 is 1.38 bits per heavy atom. The molecule has 2 heterocycles. The molecule has 0 spiro atoms. The maximum Gasteiger partial charge on any atom is 0.0534 e. The van der Waals surface area contributed by atoms with Crippen molar-refractivity contribution in [3.63, 3.8) is 0 Å². The Morgan fingerprint density at radius 2 is 2.31 bits per heavy atom. The van der Waals surface area contributed by atoms with Gasteiger partial charge < -0.3 is 5.32 Å². The van der Waals surface area contributed by atoms with Crippen LogP contribution in [0, 0.1) is 0 Å². The van der Waals surface area contributed by atoms with Gasteiger partial charge in [0.1, 0.15) is 0 Å². The third-order valence-electron chi connectivity index (χ3n) is 2.54. The van der Waals surface area contributed by atoms with Crippen molar-refractivity contribution >= 4 is 0 Å². The zero-order chi connectivity index (χ0) is 11.2. The van der Waals surface area contributed by atoms with Crippen molar-refractivity contribution in [2.24, 2.45) is 0 Å². The highest BCUT2D eigenvalue weighted by Crippen LogP contribution is 2.08. The van der Waals surface area contributed by atoms with Crippen LogP contribution in [0.15, 0.2) is 43.0 Å². The van der Waals surface area contributed by atoms with E-state index in [1.807, 2.05) is 29.2 Å². The van der Waals surface area contributed by atoms with Crippen molar-refractivity contribution in [1.82, 2.24) is 20.1 Å². The topological polar surface area (TPSA) is 42.7 Å². The van der Waals surface area contributed by atoms with Gasteiger partial charge in [-0.1, -0.05) is 6.07 Å². The summed E-state index contributed by atoms with van der Waals surface area (Å²) < 4.78 is 1.92. The van der Waals surface area contributed by atoms with E-state index in [2.05, 4.69) is 28.4 Å². The van der Waals surface area contributed by atoms with Gasteiger partial charge in [0, 0.05) is 37.4 Å². The van der Waals surface area contributed by atoms with Crippen LogP contribution in [0.3, 0.4) is 0 Å². The maximum atomic E-state index is 4.15. The first-order chi connectivity index (χ1) is 7.86. The first-order valence-electron chi connectivity index (χ1n) is 5.47. The summed E-state index contributed by atoms with van der Waals surface area (Å²) in [6.07, 6.45) is 7.45. The molecule has 0 aliphatic rings. The van der Waals surface area contributed by atoms with E-state index in [-0.39, 0.29) is 0 Å². The monoisotopic (exact) mass is 216 g/mol. The lowest BCUT2D eigenvalue weighted by molar-refractivity contribution is 0.507. The Hall–Kier alpha value is -1.68. The Bertz CT molecular complexity index is 396. The lowest BCUT2D eigenvalue weighted by atomic mass is 10.1. The van der Waals surface area contributed by atoms with Crippen molar-refractivity contribution in [1.29, 1.82) is 0 Å². The predicted molar refractivity (Wildman–Crippen MR) is 62.9 cm³/mol. The molecule has 2 rings (SSSR count). The van der Waals surface area contributed by atoms with Gasteiger partial charge in [-0.15, -0.1) is 0 Å². The van der Waals surface area contributed by atoms with Gasteiger partial charge in [-0.25, -0.2) is 0 Å². The van der Waals surface area contributed by atoms with Gasteiger partial charge in [-0.05, 0) is 24.6 Å².